The zero-order valence-corrected chi connectivity index (χ0v) is 15.9. The summed E-state index contributed by atoms with van der Waals surface area (Å²) in [5.74, 6) is -0.681. The van der Waals surface area contributed by atoms with Crippen LogP contribution in [-0.2, 0) is 11.2 Å². The second-order valence-electron chi connectivity index (χ2n) is 6.07. The highest BCUT2D eigenvalue weighted by Gasteiger charge is 2.31. The van der Waals surface area contributed by atoms with Gasteiger partial charge in [-0.25, -0.2) is 4.98 Å². The summed E-state index contributed by atoms with van der Waals surface area (Å²) in [5, 5.41) is 3.30. The molecule has 0 fully saturated rings. The smallest absolute Gasteiger partial charge is 0.406 e. The summed E-state index contributed by atoms with van der Waals surface area (Å²) < 4.78 is 40.5. The van der Waals surface area contributed by atoms with Crippen molar-refractivity contribution in [1.29, 1.82) is 0 Å². The molecule has 0 aliphatic carbocycles. The molecule has 3 aromatic rings. The Morgan fingerprint density at radius 3 is 2.52 bits per heavy atom. The third-order valence-electron chi connectivity index (χ3n) is 3.78. The van der Waals surface area contributed by atoms with Crippen molar-refractivity contribution in [3.63, 3.8) is 0 Å². The first-order chi connectivity index (χ1) is 13.7. The number of anilines is 1. The Balaban J connectivity index is 1.63. The summed E-state index contributed by atoms with van der Waals surface area (Å²) >= 11 is 1.26. The molecular formula is C20H15F3N2O3S. The fraction of sp³-hybridized carbons (Fsp3) is 0.150. The maximum absolute atomic E-state index is 12.2. The van der Waals surface area contributed by atoms with Crippen molar-refractivity contribution in [3.8, 4) is 16.3 Å². The van der Waals surface area contributed by atoms with Crippen molar-refractivity contribution in [2.75, 3.05) is 5.32 Å². The first-order valence-corrected chi connectivity index (χ1v) is 9.23. The molecule has 1 heterocycles. The van der Waals surface area contributed by atoms with E-state index in [2.05, 4.69) is 15.0 Å². The normalized spacial score (nSPS) is 11.2. The Kier molecular flexibility index (Phi) is 5.97. The Bertz CT molecular complexity index is 1030. The van der Waals surface area contributed by atoms with E-state index in [0.29, 0.717) is 26.7 Å². The van der Waals surface area contributed by atoms with Gasteiger partial charge in [-0.05, 0) is 43.3 Å². The minimum Gasteiger partial charge on any atom is -0.406 e. The second kappa shape index (κ2) is 8.44. The summed E-state index contributed by atoms with van der Waals surface area (Å²) in [6, 6.07) is 12.0. The molecular weight excluding hydrogens is 405 g/mol. The summed E-state index contributed by atoms with van der Waals surface area (Å²) in [4.78, 5) is 28.6. The van der Waals surface area contributed by atoms with E-state index in [-0.39, 0.29) is 23.9 Å². The molecule has 1 N–H and O–H groups in total. The SMILES string of the molecule is CC(=O)c1cccc(NC(=O)Cc2cnc(-c3ccc(OC(F)(F)F)cc3)s2)c1. The van der Waals surface area contributed by atoms with Gasteiger partial charge in [0, 0.05) is 27.9 Å². The van der Waals surface area contributed by atoms with Gasteiger partial charge in [-0.1, -0.05) is 12.1 Å². The maximum Gasteiger partial charge on any atom is 0.573 e. The number of amides is 1. The largest absolute Gasteiger partial charge is 0.573 e. The third kappa shape index (κ3) is 5.89. The lowest BCUT2D eigenvalue weighted by molar-refractivity contribution is -0.274. The molecule has 3 rings (SSSR count). The number of ketones is 1. The minimum absolute atomic E-state index is 0.0806. The van der Waals surface area contributed by atoms with Crippen molar-refractivity contribution >= 4 is 28.7 Å². The Hall–Kier alpha value is -3.20. The van der Waals surface area contributed by atoms with Crippen LogP contribution < -0.4 is 10.1 Å². The first kappa shape index (κ1) is 20.5. The number of carbonyl (C=O) groups excluding carboxylic acids is 2. The molecule has 0 saturated carbocycles. The molecule has 0 spiro atoms. The van der Waals surface area contributed by atoms with Crippen molar-refractivity contribution in [2.24, 2.45) is 0 Å². The van der Waals surface area contributed by atoms with Crippen LogP contribution in [0.5, 0.6) is 5.75 Å². The van der Waals surface area contributed by atoms with Crippen LogP contribution >= 0.6 is 11.3 Å². The van der Waals surface area contributed by atoms with Crippen molar-refractivity contribution in [3.05, 3.63) is 65.2 Å². The number of alkyl halides is 3. The van der Waals surface area contributed by atoms with Crippen LogP contribution in [0.15, 0.2) is 54.7 Å². The van der Waals surface area contributed by atoms with Gasteiger partial charge >= 0.3 is 6.36 Å². The minimum atomic E-state index is -4.74. The molecule has 0 unspecified atom stereocenters. The lowest BCUT2D eigenvalue weighted by Crippen LogP contribution is -2.16. The highest BCUT2D eigenvalue weighted by Crippen LogP contribution is 2.29. The van der Waals surface area contributed by atoms with Crippen molar-refractivity contribution < 1.29 is 27.5 Å². The fourth-order valence-corrected chi connectivity index (χ4v) is 3.42. The Morgan fingerprint density at radius 2 is 1.86 bits per heavy atom. The van der Waals surface area contributed by atoms with Crippen LogP contribution in [0.3, 0.4) is 0 Å². The average Bonchev–Trinajstić information content (AvgIpc) is 3.09. The topological polar surface area (TPSA) is 68.3 Å². The van der Waals surface area contributed by atoms with E-state index in [9.17, 15) is 22.8 Å². The van der Waals surface area contributed by atoms with Crippen LogP contribution in [0.1, 0.15) is 22.2 Å². The third-order valence-corrected chi connectivity index (χ3v) is 4.82. The van der Waals surface area contributed by atoms with E-state index in [4.69, 9.17) is 0 Å². The number of carbonyl (C=O) groups is 2. The molecule has 29 heavy (non-hydrogen) atoms. The van der Waals surface area contributed by atoms with Gasteiger partial charge in [0.25, 0.3) is 0 Å². The number of thiazole rings is 1. The zero-order valence-electron chi connectivity index (χ0n) is 15.1. The highest BCUT2D eigenvalue weighted by atomic mass is 32.1. The van der Waals surface area contributed by atoms with Gasteiger partial charge in [-0.15, -0.1) is 24.5 Å². The number of ether oxygens (including phenoxy) is 1. The molecule has 0 bridgehead atoms. The predicted octanol–water partition coefficient (Wildman–Crippen LogP) is 5.09. The van der Waals surface area contributed by atoms with Crippen LogP contribution in [-0.4, -0.2) is 23.0 Å². The lowest BCUT2D eigenvalue weighted by Gasteiger charge is -2.08. The number of hydrogen-bond acceptors (Lipinski definition) is 5. The quantitative estimate of drug-likeness (QED) is 0.564. The van der Waals surface area contributed by atoms with Gasteiger partial charge in [0.2, 0.25) is 5.91 Å². The predicted molar refractivity (Wildman–Crippen MR) is 103 cm³/mol. The number of nitrogens with one attached hydrogen (secondary N) is 1. The van der Waals surface area contributed by atoms with Gasteiger partial charge in [0.15, 0.2) is 5.78 Å². The zero-order chi connectivity index (χ0) is 21.0. The van der Waals surface area contributed by atoms with E-state index < -0.39 is 6.36 Å². The molecule has 1 amide bonds. The molecule has 0 radical (unpaired) electrons. The molecule has 2 aromatic carbocycles. The van der Waals surface area contributed by atoms with Gasteiger partial charge in [-0.3, -0.25) is 9.59 Å². The maximum atomic E-state index is 12.2. The number of nitrogens with zero attached hydrogens (tertiary/aromatic N) is 1. The number of benzene rings is 2. The van der Waals surface area contributed by atoms with Gasteiger partial charge < -0.3 is 10.1 Å². The number of hydrogen-bond donors (Lipinski definition) is 1. The molecule has 0 saturated heterocycles. The van der Waals surface area contributed by atoms with E-state index in [1.54, 1.807) is 30.5 Å². The Morgan fingerprint density at radius 1 is 1.14 bits per heavy atom. The van der Waals surface area contributed by atoms with E-state index >= 15 is 0 Å². The number of aromatic nitrogens is 1. The molecule has 0 aliphatic heterocycles. The fourth-order valence-electron chi connectivity index (χ4n) is 2.50. The average molecular weight is 420 g/mol. The van der Waals surface area contributed by atoms with Gasteiger partial charge in [-0.2, -0.15) is 0 Å². The van der Waals surface area contributed by atoms with Crippen LogP contribution in [0, 0.1) is 0 Å². The standard InChI is InChI=1S/C20H15F3N2O3S/c1-12(26)14-3-2-4-15(9-14)25-18(27)10-17-11-24-19(29-17)13-5-7-16(8-6-13)28-20(21,22)23/h2-9,11H,10H2,1H3,(H,25,27). The number of halogens is 3. The first-order valence-electron chi connectivity index (χ1n) is 8.41. The van der Waals surface area contributed by atoms with Crippen molar-refractivity contribution in [2.45, 2.75) is 19.7 Å². The summed E-state index contributed by atoms with van der Waals surface area (Å²) in [6.07, 6.45) is -3.11. The number of rotatable bonds is 6. The molecule has 0 atom stereocenters. The lowest BCUT2D eigenvalue weighted by atomic mass is 10.1. The van der Waals surface area contributed by atoms with Gasteiger partial charge in [0.05, 0.1) is 6.42 Å². The summed E-state index contributed by atoms with van der Waals surface area (Å²) in [6.45, 7) is 1.45. The molecule has 150 valence electrons. The van der Waals surface area contributed by atoms with E-state index in [1.165, 1.54) is 42.5 Å². The van der Waals surface area contributed by atoms with E-state index in [1.807, 2.05) is 0 Å². The Labute approximate surface area is 168 Å². The van der Waals surface area contributed by atoms with Gasteiger partial charge in [0.1, 0.15) is 10.8 Å². The molecule has 0 aliphatic rings. The summed E-state index contributed by atoms with van der Waals surface area (Å²) in [7, 11) is 0. The molecule has 1 aromatic heterocycles. The molecule has 9 heteroatoms. The summed E-state index contributed by atoms with van der Waals surface area (Å²) in [5.41, 5.74) is 1.64. The second-order valence-corrected chi connectivity index (χ2v) is 7.18. The highest BCUT2D eigenvalue weighted by molar-refractivity contribution is 7.15. The van der Waals surface area contributed by atoms with Crippen LogP contribution in [0.4, 0.5) is 18.9 Å². The molecule has 5 nitrogen and oxygen atoms in total. The van der Waals surface area contributed by atoms with Crippen LogP contribution in [0.25, 0.3) is 10.6 Å². The number of Topliss-reactive ketones (excluding diaryl/α,β-unsaturated/α-hetero) is 1. The van der Waals surface area contributed by atoms with Crippen LogP contribution in [0.2, 0.25) is 0 Å². The monoisotopic (exact) mass is 420 g/mol. The van der Waals surface area contributed by atoms with E-state index in [0.717, 1.165) is 0 Å². The van der Waals surface area contributed by atoms with Crippen molar-refractivity contribution in [1.82, 2.24) is 4.98 Å².